The summed E-state index contributed by atoms with van der Waals surface area (Å²) < 4.78 is 4.99. The van der Waals surface area contributed by atoms with Crippen LogP contribution in [0.25, 0.3) is 32.9 Å². The van der Waals surface area contributed by atoms with Gasteiger partial charge < -0.3 is 9.72 Å². The van der Waals surface area contributed by atoms with Gasteiger partial charge in [-0.25, -0.2) is 4.79 Å². The van der Waals surface area contributed by atoms with E-state index in [1.54, 1.807) is 6.07 Å². The molecular weight excluding hydrogens is 344 g/mol. The lowest BCUT2D eigenvalue weighted by molar-refractivity contribution is -0.384. The molecule has 0 atom stereocenters. The van der Waals surface area contributed by atoms with Crippen LogP contribution in [0.4, 0.5) is 5.69 Å². The highest BCUT2D eigenvalue weighted by molar-refractivity contribution is 6.18. The zero-order valence-corrected chi connectivity index (χ0v) is 14.8. The van der Waals surface area contributed by atoms with E-state index in [1.165, 1.54) is 13.2 Å². The van der Waals surface area contributed by atoms with E-state index < -0.39 is 10.9 Å². The van der Waals surface area contributed by atoms with Crippen LogP contribution in [0.2, 0.25) is 0 Å². The van der Waals surface area contributed by atoms with Crippen LogP contribution in [0, 0.1) is 17.0 Å². The second-order valence-electron chi connectivity index (χ2n) is 6.36. The molecule has 0 saturated heterocycles. The van der Waals surface area contributed by atoms with E-state index in [-0.39, 0.29) is 16.8 Å². The number of hydrogen-bond donors (Lipinski definition) is 1. The summed E-state index contributed by atoms with van der Waals surface area (Å²) in [5.41, 5.74) is 3.17. The van der Waals surface area contributed by atoms with Gasteiger partial charge in [0.2, 0.25) is 0 Å². The molecule has 4 aromatic rings. The molecule has 4 rings (SSSR count). The molecule has 1 N–H and O–H groups in total. The molecule has 0 aliphatic heterocycles. The number of H-pyrrole nitrogens is 1. The third-order valence-corrected chi connectivity index (χ3v) is 4.68. The average molecular weight is 360 g/mol. The smallest absolute Gasteiger partial charge is 0.340 e. The summed E-state index contributed by atoms with van der Waals surface area (Å²) in [6.07, 6.45) is 0. The second kappa shape index (κ2) is 6.25. The maximum Gasteiger partial charge on any atom is 0.340 e. The van der Waals surface area contributed by atoms with Crippen molar-refractivity contribution >= 4 is 33.5 Å². The summed E-state index contributed by atoms with van der Waals surface area (Å²) in [6, 6.07) is 16.3. The predicted octanol–water partition coefficient (Wildman–Crippen LogP) is 4.99. The molecule has 134 valence electrons. The normalized spacial score (nSPS) is 11.0. The van der Waals surface area contributed by atoms with Gasteiger partial charge in [0.05, 0.1) is 28.7 Å². The standard InChI is InChI=1S/C21H16N2O4/c1-12-6-5-7-13(10-12)18-17(23(25)26)11-15-14-8-3-4-9-16(14)22-20(15)19(18)21(24)27-2/h3-11,22H,1-2H3. The number of methoxy groups -OCH3 is 1. The monoisotopic (exact) mass is 360 g/mol. The van der Waals surface area contributed by atoms with Crippen LogP contribution >= 0.6 is 0 Å². The van der Waals surface area contributed by atoms with Gasteiger partial charge in [0, 0.05) is 22.4 Å². The molecule has 3 aromatic carbocycles. The van der Waals surface area contributed by atoms with E-state index in [4.69, 9.17) is 4.74 Å². The van der Waals surface area contributed by atoms with Gasteiger partial charge in [0.15, 0.2) is 0 Å². The Labute approximate surface area is 154 Å². The summed E-state index contributed by atoms with van der Waals surface area (Å²) in [6.45, 7) is 1.90. The minimum Gasteiger partial charge on any atom is -0.465 e. The molecule has 0 amide bonds. The van der Waals surface area contributed by atoms with Gasteiger partial charge in [0.25, 0.3) is 5.69 Å². The van der Waals surface area contributed by atoms with Crippen molar-refractivity contribution in [3.8, 4) is 11.1 Å². The third kappa shape index (κ3) is 2.62. The Morgan fingerprint density at radius 1 is 1.07 bits per heavy atom. The van der Waals surface area contributed by atoms with Crippen molar-refractivity contribution in [1.29, 1.82) is 0 Å². The van der Waals surface area contributed by atoms with Crippen LogP contribution in [0.3, 0.4) is 0 Å². The fraction of sp³-hybridized carbons (Fsp3) is 0.0952. The van der Waals surface area contributed by atoms with Crippen LogP contribution in [0.1, 0.15) is 15.9 Å². The first-order valence-electron chi connectivity index (χ1n) is 8.38. The Morgan fingerprint density at radius 2 is 1.85 bits per heavy atom. The van der Waals surface area contributed by atoms with Gasteiger partial charge in [-0.05, 0) is 18.6 Å². The number of benzene rings is 3. The number of carbonyl (C=O) groups is 1. The van der Waals surface area contributed by atoms with Gasteiger partial charge in [-0.2, -0.15) is 0 Å². The molecular formula is C21H16N2O4. The van der Waals surface area contributed by atoms with Crippen molar-refractivity contribution in [3.05, 3.63) is 75.8 Å². The SMILES string of the molecule is COC(=O)c1c(-c2cccc(C)c2)c([N+](=O)[O-])cc2c1[nH]c1ccccc12. The van der Waals surface area contributed by atoms with Crippen LogP contribution in [0.15, 0.2) is 54.6 Å². The number of rotatable bonds is 3. The van der Waals surface area contributed by atoms with Crippen molar-refractivity contribution in [3.63, 3.8) is 0 Å². The van der Waals surface area contributed by atoms with Crippen LogP contribution in [-0.2, 0) is 4.74 Å². The highest BCUT2D eigenvalue weighted by atomic mass is 16.6. The Kier molecular flexibility index (Phi) is 3.88. The summed E-state index contributed by atoms with van der Waals surface area (Å²) >= 11 is 0. The zero-order chi connectivity index (χ0) is 19.1. The largest absolute Gasteiger partial charge is 0.465 e. The first-order chi connectivity index (χ1) is 13.0. The number of nitro benzene ring substituents is 1. The maximum atomic E-state index is 12.7. The Balaban J connectivity index is 2.23. The number of hydrogen-bond acceptors (Lipinski definition) is 4. The van der Waals surface area contributed by atoms with Crippen LogP contribution < -0.4 is 0 Å². The molecule has 1 aromatic heterocycles. The molecule has 0 bridgehead atoms. The van der Waals surface area contributed by atoms with Crippen LogP contribution in [-0.4, -0.2) is 23.0 Å². The number of nitrogens with one attached hydrogen (secondary N) is 1. The van der Waals surface area contributed by atoms with E-state index in [0.717, 1.165) is 16.5 Å². The van der Waals surface area contributed by atoms with Gasteiger partial charge in [-0.15, -0.1) is 0 Å². The summed E-state index contributed by atoms with van der Waals surface area (Å²) in [7, 11) is 1.27. The summed E-state index contributed by atoms with van der Waals surface area (Å²) in [5, 5.41) is 13.3. The van der Waals surface area contributed by atoms with E-state index in [2.05, 4.69) is 4.98 Å². The highest BCUT2D eigenvalue weighted by Gasteiger charge is 2.29. The van der Waals surface area contributed by atoms with E-state index in [0.29, 0.717) is 16.5 Å². The fourth-order valence-electron chi connectivity index (χ4n) is 3.52. The number of esters is 1. The number of aromatic nitrogens is 1. The highest BCUT2D eigenvalue weighted by Crippen LogP contribution is 2.41. The van der Waals surface area contributed by atoms with Gasteiger partial charge >= 0.3 is 5.97 Å². The van der Waals surface area contributed by atoms with Crippen molar-refractivity contribution in [2.24, 2.45) is 0 Å². The minimum absolute atomic E-state index is 0.127. The Hall–Kier alpha value is -3.67. The number of aryl methyl sites for hydroxylation is 1. The molecule has 27 heavy (non-hydrogen) atoms. The van der Waals surface area contributed by atoms with E-state index in [1.807, 2.05) is 49.4 Å². The molecule has 0 spiro atoms. The number of aromatic amines is 1. The molecule has 1 heterocycles. The molecule has 6 heteroatoms. The second-order valence-corrected chi connectivity index (χ2v) is 6.36. The van der Waals surface area contributed by atoms with Crippen molar-refractivity contribution < 1.29 is 14.5 Å². The molecule has 0 unspecified atom stereocenters. The lowest BCUT2D eigenvalue weighted by Gasteiger charge is -2.11. The van der Waals surface area contributed by atoms with Gasteiger partial charge in [-0.3, -0.25) is 10.1 Å². The lowest BCUT2D eigenvalue weighted by Crippen LogP contribution is -2.07. The first-order valence-corrected chi connectivity index (χ1v) is 8.38. The predicted molar refractivity (Wildman–Crippen MR) is 104 cm³/mol. The molecule has 0 radical (unpaired) electrons. The molecule has 0 aliphatic rings. The fourth-order valence-corrected chi connectivity index (χ4v) is 3.52. The van der Waals surface area contributed by atoms with Gasteiger partial charge in [0.1, 0.15) is 0 Å². The Morgan fingerprint density at radius 3 is 2.56 bits per heavy atom. The number of fused-ring (bicyclic) bond motifs is 3. The number of para-hydroxylation sites is 1. The van der Waals surface area contributed by atoms with Crippen LogP contribution in [0.5, 0.6) is 0 Å². The van der Waals surface area contributed by atoms with Crippen molar-refractivity contribution in [1.82, 2.24) is 4.98 Å². The van der Waals surface area contributed by atoms with E-state index in [9.17, 15) is 14.9 Å². The van der Waals surface area contributed by atoms with Crippen molar-refractivity contribution in [2.45, 2.75) is 6.92 Å². The number of nitro groups is 1. The molecule has 0 saturated carbocycles. The van der Waals surface area contributed by atoms with E-state index >= 15 is 0 Å². The molecule has 6 nitrogen and oxygen atoms in total. The summed E-state index contributed by atoms with van der Waals surface area (Å²) in [5.74, 6) is -0.619. The first kappa shape index (κ1) is 16.8. The number of ether oxygens (including phenoxy) is 1. The Bertz CT molecular complexity index is 1220. The average Bonchev–Trinajstić information content (AvgIpc) is 3.04. The quantitative estimate of drug-likeness (QED) is 0.317. The lowest BCUT2D eigenvalue weighted by atomic mass is 9.94. The molecule has 0 aliphatic carbocycles. The maximum absolute atomic E-state index is 12.7. The van der Waals surface area contributed by atoms with Gasteiger partial charge in [-0.1, -0.05) is 48.0 Å². The topological polar surface area (TPSA) is 85.2 Å². The molecule has 0 fully saturated rings. The minimum atomic E-state index is -0.619. The summed E-state index contributed by atoms with van der Waals surface area (Å²) in [4.78, 5) is 27.4. The van der Waals surface area contributed by atoms with Crippen molar-refractivity contribution in [2.75, 3.05) is 7.11 Å². The number of carbonyl (C=O) groups excluding carboxylic acids is 1. The third-order valence-electron chi connectivity index (χ3n) is 4.68. The number of nitrogens with zero attached hydrogens (tertiary/aromatic N) is 1. The zero-order valence-electron chi connectivity index (χ0n) is 14.8.